The normalized spacial score (nSPS) is 21.7. The molecule has 1 aromatic rings. The predicted molar refractivity (Wildman–Crippen MR) is 109 cm³/mol. The van der Waals surface area contributed by atoms with E-state index in [1.54, 1.807) is 21.1 Å². The lowest BCUT2D eigenvalue weighted by Gasteiger charge is -2.23. The van der Waals surface area contributed by atoms with Gasteiger partial charge in [0.25, 0.3) is 0 Å². The van der Waals surface area contributed by atoms with Crippen LogP contribution in [-0.2, 0) is 19.1 Å². The van der Waals surface area contributed by atoms with Crippen LogP contribution in [0.2, 0.25) is 0 Å². The second-order valence-corrected chi connectivity index (χ2v) is 8.29. The lowest BCUT2D eigenvalue weighted by atomic mass is 9.90. The van der Waals surface area contributed by atoms with Gasteiger partial charge in [0.1, 0.15) is 17.4 Å². The van der Waals surface area contributed by atoms with Crippen molar-refractivity contribution in [3.05, 3.63) is 23.8 Å². The molecule has 1 saturated heterocycles. The van der Waals surface area contributed by atoms with Gasteiger partial charge in [-0.05, 0) is 51.8 Å². The van der Waals surface area contributed by atoms with Crippen LogP contribution in [0.25, 0.3) is 0 Å². The lowest BCUT2D eigenvalue weighted by Crippen LogP contribution is -2.38. The molecule has 1 N–H and O–H groups in total. The Morgan fingerprint density at radius 1 is 1.14 bits per heavy atom. The molecule has 0 unspecified atom stereocenters. The Labute approximate surface area is 173 Å². The molecule has 7 nitrogen and oxygen atoms in total. The molecule has 0 amide bonds. The van der Waals surface area contributed by atoms with Gasteiger partial charge in [0, 0.05) is 32.1 Å². The van der Waals surface area contributed by atoms with E-state index in [0.717, 1.165) is 12.0 Å². The van der Waals surface area contributed by atoms with Gasteiger partial charge in [-0.2, -0.15) is 0 Å². The van der Waals surface area contributed by atoms with Crippen molar-refractivity contribution in [2.24, 2.45) is 5.92 Å². The molecule has 2 rings (SSSR count). The summed E-state index contributed by atoms with van der Waals surface area (Å²) in [6.45, 7) is 8.14. The molecule has 29 heavy (non-hydrogen) atoms. The Bertz CT molecular complexity index is 712. The van der Waals surface area contributed by atoms with Crippen molar-refractivity contribution < 1.29 is 28.5 Å². The molecule has 7 heteroatoms. The monoisotopic (exact) mass is 407 g/mol. The molecular formula is C22H33NO6. The smallest absolute Gasteiger partial charge is 0.323 e. The molecule has 0 bridgehead atoms. The zero-order valence-electron chi connectivity index (χ0n) is 18.2. The fourth-order valence-electron chi connectivity index (χ4n) is 3.44. The number of esters is 1. The predicted octanol–water partition coefficient (Wildman–Crippen LogP) is 3.06. The maximum absolute atomic E-state index is 12.5. The Kier molecular flexibility index (Phi) is 8.05. The second-order valence-electron chi connectivity index (χ2n) is 8.29. The van der Waals surface area contributed by atoms with Crippen LogP contribution in [0.4, 0.5) is 0 Å². The van der Waals surface area contributed by atoms with Crippen molar-refractivity contribution in [2.75, 3.05) is 27.4 Å². The number of nitrogens with one attached hydrogen (secondary N) is 1. The van der Waals surface area contributed by atoms with Gasteiger partial charge in [0.05, 0.1) is 13.7 Å². The van der Waals surface area contributed by atoms with Crippen LogP contribution in [0, 0.1) is 5.92 Å². The van der Waals surface area contributed by atoms with E-state index in [1.807, 2.05) is 39.0 Å². The molecule has 1 fully saturated rings. The van der Waals surface area contributed by atoms with Gasteiger partial charge >= 0.3 is 5.97 Å². The first-order valence-corrected chi connectivity index (χ1v) is 9.95. The lowest BCUT2D eigenvalue weighted by molar-refractivity contribution is -0.157. The average molecular weight is 408 g/mol. The van der Waals surface area contributed by atoms with E-state index in [2.05, 4.69) is 5.32 Å². The summed E-state index contributed by atoms with van der Waals surface area (Å²) in [6.07, 6.45) is 1.16. The van der Waals surface area contributed by atoms with Gasteiger partial charge in [-0.25, -0.2) is 0 Å². The van der Waals surface area contributed by atoms with E-state index >= 15 is 0 Å². The number of carbonyl (C=O) groups excluding carboxylic acids is 2. The van der Waals surface area contributed by atoms with Crippen molar-refractivity contribution in [2.45, 2.75) is 58.2 Å². The molecule has 0 saturated carbocycles. The van der Waals surface area contributed by atoms with Gasteiger partial charge in [-0.15, -0.1) is 0 Å². The summed E-state index contributed by atoms with van der Waals surface area (Å²) < 4.78 is 21.8. The maximum Gasteiger partial charge on any atom is 0.323 e. The first-order valence-electron chi connectivity index (χ1n) is 9.95. The second kappa shape index (κ2) is 10.1. The molecule has 1 aromatic carbocycles. The Balaban J connectivity index is 2.21. The highest BCUT2D eigenvalue weighted by molar-refractivity contribution is 5.83. The molecule has 0 spiro atoms. The SMILES string of the molecule is COCCCOc1cc([C@@H]2N[C@H](C(=O)OC(C)(C)C)C[C@@H]2C(C)=O)ccc1OC. The first-order chi connectivity index (χ1) is 13.7. The molecule has 162 valence electrons. The highest BCUT2D eigenvalue weighted by Crippen LogP contribution is 2.38. The van der Waals surface area contributed by atoms with E-state index in [9.17, 15) is 9.59 Å². The van der Waals surface area contributed by atoms with E-state index in [1.165, 1.54) is 0 Å². The third-order valence-electron chi connectivity index (χ3n) is 4.78. The van der Waals surface area contributed by atoms with Crippen molar-refractivity contribution in [1.82, 2.24) is 5.32 Å². The number of hydrogen-bond donors (Lipinski definition) is 1. The van der Waals surface area contributed by atoms with E-state index in [-0.39, 0.29) is 23.7 Å². The number of hydrogen-bond acceptors (Lipinski definition) is 7. The fraction of sp³-hybridized carbons (Fsp3) is 0.636. The number of ketones is 1. The number of methoxy groups -OCH3 is 2. The van der Waals surface area contributed by atoms with Gasteiger partial charge in [-0.3, -0.25) is 14.9 Å². The number of carbonyl (C=O) groups is 2. The minimum Gasteiger partial charge on any atom is -0.493 e. The van der Waals surface area contributed by atoms with E-state index in [4.69, 9.17) is 18.9 Å². The zero-order chi connectivity index (χ0) is 21.6. The van der Waals surface area contributed by atoms with Crippen LogP contribution >= 0.6 is 0 Å². The molecule has 3 atom stereocenters. The average Bonchev–Trinajstić information content (AvgIpc) is 3.10. The van der Waals surface area contributed by atoms with Crippen molar-refractivity contribution in [1.29, 1.82) is 0 Å². The number of Topliss-reactive ketones (excluding diaryl/α,β-unsaturated/α-hetero) is 1. The molecule has 1 aliphatic heterocycles. The Hall–Kier alpha value is -2.12. The quantitative estimate of drug-likeness (QED) is 0.497. The van der Waals surface area contributed by atoms with Crippen LogP contribution in [0.5, 0.6) is 11.5 Å². The maximum atomic E-state index is 12.5. The number of ether oxygens (including phenoxy) is 4. The molecule has 0 aromatic heterocycles. The fourth-order valence-corrected chi connectivity index (χ4v) is 3.44. The van der Waals surface area contributed by atoms with Crippen molar-refractivity contribution >= 4 is 11.8 Å². The molecular weight excluding hydrogens is 374 g/mol. The summed E-state index contributed by atoms with van der Waals surface area (Å²) in [6, 6.07) is 4.77. The van der Waals surface area contributed by atoms with Crippen LogP contribution < -0.4 is 14.8 Å². The Morgan fingerprint density at radius 2 is 1.86 bits per heavy atom. The number of rotatable bonds is 9. The van der Waals surface area contributed by atoms with Gasteiger partial charge in [-0.1, -0.05) is 6.07 Å². The van der Waals surface area contributed by atoms with Gasteiger partial charge < -0.3 is 18.9 Å². The topological polar surface area (TPSA) is 83.1 Å². The van der Waals surface area contributed by atoms with Gasteiger partial charge in [0.2, 0.25) is 0 Å². The summed E-state index contributed by atoms with van der Waals surface area (Å²) in [5.41, 5.74) is 0.296. The van der Waals surface area contributed by atoms with Gasteiger partial charge in [0.15, 0.2) is 11.5 Å². The van der Waals surface area contributed by atoms with Crippen molar-refractivity contribution in [3.8, 4) is 11.5 Å². The number of benzene rings is 1. The standard InChI is InChI=1S/C22H33NO6/c1-14(24)16-13-17(21(25)29-22(2,3)4)23-20(16)15-8-9-18(27-6)19(12-15)28-11-7-10-26-5/h8-9,12,16-17,20,23H,7,10-11,13H2,1-6H3/t16-,17+,20+/m1/s1. The summed E-state index contributed by atoms with van der Waals surface area (Å²) >= 11 is 0. The zero-order valence-corrected chi connectivity index (χ0v) is 18.2. The van der Waals surface area contributed by atoms with Crippen LogP contribution in [-0.4, -0.2) is 50.8 Å². The molecule has 1 heterocycles. The summed E-state index contributed by atoms with van der Waals surface area (Å²) in [5.74, 6) is 0.600. The largest absolute Gasteiger partial charge is 0.493 e. The van der Waals surface area contributed by atoms with E-state index < -0.39 is 11.6 Å². The van der Waals surface area contributed by atoms with Crippen molar-refractivity contribution in [3.63, 3.8) is 0 Å². The highest BCUT2D eigenvalue weighted by atomic mass is 16.6. The summed E-state index contributed by atoms with van der Waals surface area (Å²) in [4.78, 5) is 24.8. The third-order valence-corrected chi connectivity index (χ3v) is 4.78. The summed E-state index contributed by atoms with van der Waals surface area (Å²) in [5, 5.41) is 3.29. The first kappa shape index (κ1) is 23.2. The highest BCUT2D eigenvalue weighted by Gasteiger charge is 2.42. The minimum absolute atomic E-state index is 0.0342. The van der Waals surface area contributed by atoms with Crippen LogP contribution in [0.3, 0.4) is 0 Å². The molecule has 0 aliphatic carbocycles. The molecule has 0 radical (unpaired) electrons. The third kappa shape index (κ3) is 6.44. The van der Waals surface area contributed by atoms with Crippen LogP contribution in [0.1, 0.15) is 52.1 Å². The Morgan fingerprint density at radius 3 is 2.45 bits per heavy atom. The summed E-state index contributed by atoms with van der Waals surface area (Å²) in [7, 11) is 3.23. The minimum atomic E-state index is -0.577. The van der Waals surface area contributed by atoms with E-state index in [0.29, 0.717) is 31.1 Å². The van der Waals surface area contributed by atoms with Crippen LogP contribution in [0.15, 0.2) is 18.2 Å². The molecule has 1 aliphatic rings.